The number of aliphatic hydroxyl groups is 1. The predicted octanol–water partition coefficient (Wildman–Crippen LogP) is -0.104. The van der Waals surface area contributed by atoms with Crippen molar-refractivity contribution in [3.63, 3.8) is 0 Å². The highest BCUT2D eigenvalue weighted by Crippen LogP contribution is 1.97. The number of methoxy groups -OCH3 is 1. The van der Waals surface area contributed by atoms with Crippen molar-refractivity contribution in [1.29, 1.82) is 0 Å². The molecular weight excluding hydrogens is 170 g/mol. The van der Waals surface area contributed by atoms with Crippen molar-refractivity contribution in [2.45, 2.75) is 6.04 Å². The molecule has 72 valence electrons. The Morgan fingerprint density at radius 3 is 2.77 bits per heavy atom. The normalized spacial score (nSPS) is 12.5. The zero-order valence-corrected chi connectivity index (χ0v) is 7.47. The van der Waals surface area contributed by atoms with Crippen LogP contribution in [-0.4, -0.2) is 41.4 Å². The van der Waals surface area contributed by atoms with Crippen LogP contribution >= 0.6 is 0 Å². The summed E-state index contributed by atoms with van der Waals surface area (Å²) in [6, 6.07) is 1.57. The molecule has 1 rings (SSSR count). The summed E-state index contributed by atoms with van der Waals surface area (Å²) in [5, 5.41) is 11.9. The minimum atomic E-state index is -0.160. The third kappa shape index (κ3) is 3.35. The van der Waals surface area contributed by atoms with Crippen molar-refractivity contribution in [3.8, 4) is 0 Å². The van der Waals surface area contributed by atoms with Gasteiger partial charge < -0.3 is 15.2 Å². The molecule has 1 unspecified atom stereocenters. The molecule has 1 heterocycles. The first-order chi connectivity index (χ1) is 6.36. The average molecular weight is 183 g/mol. The number of nitrogens with one attached hydrogen (secondary N) is 1. The van der Waals surface area contributed by atoms with E-state index in [0.29, 0.717) is 12.6 Å². The third-order valence-electron chi connectivity index (χ3n) is 1.49. The van der Waals surface area contributed by atoms with Crippen molar-refractivity contribution < 1.29 is 9.84 Å². The topological polar surface area (TPSA) is 67.3 Å². The number of rotatable bonds is 5. The second-order valence-corrected chi connectivity index (χ2v) is 2.55. The number of hydrogen-bond acceptors (Lipinski definition) is 5. The van der Waals surface area contributed by atoms with Crippen molar-refractivity contribution in [3.05, 3.63) is 18.5 Å². The fourth-order valence-corrected chi connectivity index (χ4v) is 0.897. The van der Waals surface area contributed by atoms with Crippen molar-refractivity contribution in [2.75, 3.05) is 25.6 Å². The highest BCUT2D eigenvalue weighted by atomic mass is 16.5. The Morgan fingerprint density at radius 2 is 2.23 bits per heavy atom. The zero-order chi connectivity index (χ0) is 9.52. The fourth-order valence-electron chi connectivity index (χ4n) is 0.897. The van der Waals surface area contributed by atoms with Gasteiger partial charge in [0.15, 0.2) is 0 Å². The quantitative estimate of drug-likeness (QED) is 0.667. The minimum absolute atomic E-state index is 0.00784. The maximum atomic E-state index is 8.92. The summed E-state index contributed by atoms with van der Waals surface area (Å²) in [4.78, 5) is 7.92. The number of aliphatic hydroxyl groups excluding tert-OH is 1. The Hall–Kier alpha value is -1.20. The number of hydrogen-bond donors (Lipinski definition) is 2. The van der Waals surface area contributed by atoms with Gasteiger partial charge >= 0.3 is 0 Å². The monoisotopic (exact) mass is 183 g/mol. The van der Waals surface area contributed by atoms with Gasteiger partial charge in [0.05, 0.1) is 19.3 Å². The molecule has 0 saturated heterocycles. The molecule has 0 spiro atoms. The number of aromatic nitrogens is 2. The SMILES string of the molecule is COCC(CO)Nc1ncccn1. The molecule has 1 aromatic heterocycles. The van der Waals surface area contributed by atoms with E-state index in [1.165, 1.54) is 0 Å². The lowest BCUT2D eigenvalue weighted by Gasteiger charge is -2.14. The van der Waals surface area contributed by atoms with Crippen LogP contribution in [0, 0.1) is 0 Å². The molecule has 0 aliphatic rings. The first kappa shape index (κ1) is 9.88. The molecule has 1 aromatic rings. The molecule has 0 aromatic carbocycles. The van der Waals surface area contributed by atoms with Crippen LogP contribution in [0.15, 0.2) is 18.5 Å². The number of ether oxygens (including phenoxy) is 1. The second-order valence-electron chi connectivity index (χ2n) is 2.55. The summed E-state index contributed by atoms with van der Waals surface area (Å²) in [7, 11) is 1.58. The van der Waals surface area contributed by atoms with Gasteiger partial charge in [-0.2, -0.15) is 0 Å². The summed E-state index contributed by atoms with van der Waals surface area (Å²) in [5.74, 6) is 0.499. The van der Waals surface area contributed by atoms with E-state index >= 15 is 0 Å². The third-order valence-corrected chi connectivity index (χ3v) is 1.49. The lowest BCUT2D eigenvalue weighted by Crippen LogP contribution is -2.29. The molecule has 1 atom stereocenters. The van der Waals surface area contributed by atoms with Gasteiger partial charge in [0, 0.05) is 19.5 Å². The predicted molar refractivity (Wildman–Crippen MR) is 48.4 cm³/mol. The number of anilines is 1. The van der Waals surface area contributed by atoms with Crippen LogP contribution in [0.1, 0.15) is 0 Å². The standard InChI is InChI=1S/C8H13N3O2/c1-13-6-7(5-12)11-8-9-3-2-4-10-8/h2-4,7,12H,5-6H2,1H3,(H,9,10,11). The Morgan fingerprint density at radius 1 is 1.54 bits per heavy atom. The van der Waals surface area contributed by atoms with Crippen LogP contribution in [-0.2, 0) is 4.74 Å². The van der Waals surface area contributed by atoms with Gasteiger partial charge in [0.2, 0.25) is 5.95 Å². The van der Waals surface area contributed by atoms with Crippen LogP contribution in [0.2, 0.25) is 0 Å². The second kappa shape index (κ2) is 5.45. The highest BCUT2D eigenvalue weighted by Gasteiger charge is 2.06. The molecule has 0 aliphatic heterocycles. The maximum Gasteiger partial charge on any atom is 0.222 e. The van der Waals surface area contributed by atoms with Gasteiger partial charge in [-0.05, 0) is 6.07 Å². The molecule has 5 nitrogen and oxygen atoms in total. The zero-order valence-electron chi connectivity index (χ0n) is 7.47. The molecule has 0 radical (unpaired) electrons. The Labute approximate surface area is 76.8 Å². The van der Waals surface area contributed by atoms with Gasteiger partial charge in [0.1, 0.15) is 0 Å². The summed E-state index contributed by atoms with van der Waals surface area (Å²) in [6.07, 6.45) is 3.27. The first-order valence-electron chi connectivity index (χ1n) is 4.00. The molecule has 2 N–H and O–H groups in total. The van der Waals surface area contributed by atoms with Gasteiger partial charge in [-0.3, -0.25) is 0 Å². The molecule has 0 fully saturated rings. The summed E-state index contributed by atoms with van der Waals surface area (Å²) >= 11 is 0. The van der Waals surface area contributed by atoms with Crippen molar-refractivity contribution in [1.82, 2.24) is 9.97 Å². The molecule has 0 bridgehead atoms. The van der Waals surface area contributed by atoms with Crippen LogP contribution in [0.25, 0.3) is 0 Å². The minimum Gasteiger partial charge on any atom is -0.394 e. The van der Waals surface area contributed by atoms with E-state index in [9.17, 15) is 0 Å². The molecule has 5 heteroatoms. The van der Waals surface area contributed by atoms with E-state index in [0.717, 1.165) is 0 Å². The van der Waals surface area contributed by atoms with Gasteiger partial charge in [-0.1, -0.05) is 0 Å². The lowest BCUT2D eigenvalue weighted by molar-refractivity contribution is 0.153. The van der Waals surface area contributed by atoms with Crippen molar-refractivity contribution in [2.24, 2.45) is 0 Å². The average Bonchev–Trinajstić information content (AvgIpc) is 2.19. The molecule has 0 amide bonds. The summed E-state index contributed by atoms with van der Waals surface area (Å²) < 4.78 is 4.89. The first-order valence-corrected chi connectivity index (χ1v) is 4.00. The Kier molecular flexibility index (Phi) is 4.14. The maximum absolute atomic E-state index is 8.92. The largest absolute Gasteiger partial charge is 0.394 e. The molecule has 0 aliphatic carbocycles. The van der Waals surface area contributed by atoms with E-state index < -0.39 is 0 Å². The van der Waals surface area contributed by atoms with Gasteiger partial charge in [-0.15, -0.1) is 0 Å². The van der Waals surface area contributed by atoms with Gasteiger partial charge in [0.25, 0.3) is 0 Å². The highest BCUT2D eigenvalue weighted by molar-refractivity contribution is 5.24. The van der Waals surface area contributed by atoms with Crippen LogP contribution in [0.4, 0.5) is 5.95 Å². The summed E-state index contributed by atoms with van der Waals surface area (Å²) in [6.45, 7) is 0.418. The van der Waals surface area contributed by atoms with E-state index in [1.54, 1.807) is 25.6 Å². The van der Waals surface area contributed by atoms with E-state index in [2.05, 4.69) is 15.3 Å². The van der Waals surface area contributed by atoms with Crippen LogP contribution in [0.5, 0.6) is 0 Å². The molecule has 0 saturated carbocycles. The summed E-state index contributed by atoms with van der Waals surface area (Å²) in [5.41, 5.74) is 0. The Bertz CT molecular complexity index is 230. The molecule has 13 heavy (non-hydrogen) atoms. The molecular formula is C8H13N3O2. The van der Waals surface area contributed by atoms with Crippen LogP contribution in [0.3, 0.4) is 0 Å². The Balaban J connectivity index is 2.46. The van der Waals surface area contributed by atoms with E-state index in [1.807, 2.05) is 0 Å². The van der Waals surface area contributed by atoms with Gasteiger partial charge in [-0.25, -0.2) is 9.97 Å². The lowest BCUT2D eigenvalue weighted by atomic mass is 10.3. The van der Waals surface area contributed by atoms with E-state index in [4.69, 9.17) is 9.84 Å². The fraction of sp³-hybridized carbons (Fsp3) is 0.500. The van der Waals surface area contributed by atoms with Crippen molar-refractivity contribution >= 4 is 5.95 Å². The smallest absolute Gasteiger partial charge is 0.222 e. The number of nitrogens with zero attached hydrogens (tertiary/aromatic N) is 2. The van der Waals surface area contributed by atoms with Crippen LogP contribution < -0.4 is 5.32 Å². The van der Waals surface area contributed by atoms with E-state index in [-0.39, 0.29) is 12.6 Å².